The van der Waals surface area contributed by atoms with Crippen molar-refractivity contribution in [3.63, 3.8) is 0 Å². The fourth-order valence-corrected chi connectivity index (χ4v) is 4.53. The lowest BCUT2D eigenvalue weighted by Crippen LogP contribution is -2.47. The minimum absolute atomic E-state index is 0.216. The molecule has 0 unspecified atom stereocenters. The lowest BCUT2D eigenvalue weighted by Gasteiger charge is -2.30. The number of ether oxygens (including phenoxy) is 1. The predicted octanol–water partition coefficient (Wildman–Crippen LogP) is 0.0844. The molecule has 1 N–H and O–H groups in total. The number of aromatic nitrogens is 2. The highest BCUT2D eigenvalue weighted by Crippen LogP contribution is 2.30. The summed E-state index contributed by atoms with van der Waals surface area (Å²) in [5, 5.41) is 7.02. The van der Waals surface area contributed by atoms with Crippen molar-refractivity contribution in [2.24, 2.45) is 0 Å². The number of hydrogen-bond acceptors (Lipinski definition) is 4. The smallest absolute Gasteiger partial charge is 0.282 e. The summed E-state index contributed by atoms with van der Waals surface area (Å²) >= 11 is 0. The molecule has 0 radical (unpaired) electrons. The number of nitrogens with zero attached hydrogens (tertiary/aromatic N) is 3. The van der Waals surface area contributed by atoms with Crippen LogP contribution in [0.2, 0.25) is 0 Å². The van der Waals surface area contributed by atoms with E-state index in [4.69, 9.17) is 4.74 Å². The van der Waals surface area contributed by atoms with Crippen molar-refractivity contribution in [1.82, 2.24) is 18.8 Å². The Hall–Kier alpha value is -0.960. The molecule has 1 aromatic rings. The van der Waals surface area contributed by atoms with Gasteiger partial charge in [0.1, 0.15) is 0 Å². The SMILES string of the molecule is Cc1cn[nH]c1[C@H]1CCN(S(=O)(=O)N2CCOCC2)C1. The van der Waals surface area contributed by atoms with Crippen molar-refractivity contribution in [2.75, 3.05) is 39.4 Å². The topological polar surface area (TPSA) is 78.5 Å². The molecule has 112 valence electrons. The Kier molecular flexibility index (Phi) is 3.80. The fourth-order valence-electron chi connectivity index (χ4n) is 2.88. The Balaban J connectivity index is 1.71. The van der Waals surface area contributed by atoms with Crippen LogP contribution in [0.4, 0.5) is 0 Å². The van der Waals surface area contributed by atoms with Crippen LogP contribution in [0.25, 0.3) is 0 Å². The van der Waals surface area contributed by atoms with Crippen LogP contribution in [-0.2, 0) is 14.9 Å². The van der Waals surface area contributed by atoms with Gasteiger partial charge in [-0.25, -0.2) is 0 Å². The van der Waals surface area contributed by atoms with Gasteiger partial charge in [0, 0.05) is 37.8 Å². The van der Waals surface area contributed by atoms with Gasteiger partial charge in [-0.15, -0.1) is 0 Å². The Labute approximate surface area is 119 Å². The second-order valence-corrected chi connectivity index (χ2v) is 7.26. The van der Waals surface area contributed by atoms with E-state index in [-0.39, 0.29) is 5.92 Å². The predicted molar refractivity (Wildman–Crippen MR) is 73.6 cm³/mol. The maximum Gasteiger partial charge on any atom is 0.282 e. The van der Waals surface area contributed by atoms with Gasteiger partial charge in [0.15, 0.2) is 0 Å². The maximum atomic E-state index is 12.6. The van der Waals surface area contributed by atoms with Crippen LogP contribution in [0.15, 0.2) is 6.20 Å². The third-order valence-electron chi connectivity index (χ3n) is 4.05. The Bertz CT molecular complexity index is 565. The molecule has 0 aromatic carbocycles. The average molecular weight is 300 g/mol. The lowest BCUT2D eigenvalue weighted by molar-refractivity contribution is 0.0705. The molecule has 1 atom stereocenters. The number of aromatic amines is 1. The van der Waals surface area contributed by atoms with Gasteiger partial charge in [0.2, 0.25) is 0 Å². The minimum Gasteiger partial charge on any atom is -0.379 e. The second-order valence-electron chi connectivity index (χ2n) is 5.33. The summed E-state index contributed by atoms with van der Waals surface area (Å²) in [5.74, 6) is 0.216. The number of aryl methyl sites for hydroxylation is 1. The van der Waals surface area contributed by atoms with E-state index in [0.29, 0.717) is 39.4 Å². The zero-order valence-electron chi connectivity index (χ0n) is 11.6. The monoisotopic (exact) mass is 300 g/mol. The first-order valence-corrected chi connectivity index (χ1v) is 8.31. The van der Waals surface area contributed by atoms with Crippen molar-refractivity contribution < 1.29 is 13.2 Å². The summed E-state index contributed by atoms with van der Waals surface area (Å²) in [7, 11) is -3.35. The lowest BCUT2D eigenvalue weighted by atomic mass is 10.0. The normalized spacial score (nSPS) is 26.1. The van der Waals surface area contributed by atoms with E-state index < -0.39 is 10.2 Å². The summed E-state index contributed by atoms with van der Waals surface area (Å²) in [6, 6.07) is 0. The number of morpholine rings is 1. The highest BCUT2D eigenvalue weighted by Gasteiger charge is 2.37. The van der Waals surface area contributed by atoms with Gasteiger partial charge in [0.25, 0.3) is 10.2 Å². The summed E-state index contributed by atoms with van der Waals surface area (Å²) in [6.45, 7) is 4.97. The molecule has 0 spiro atoms. The first-order chi connectivity index (χ1) is 9.59. The molecule has 2 aliphatic heterocycles. The molecule has 2 fully saturated rings. The van der Waals surface area contributed by atoms with E-state index in [1.165, 1.54) is 4.31 Å². The summed E-state index contributed by atoms with van der Waals surface area (Å²) < 4.78 is 33.4. The van der Waals surface area contributed by atoms with E-state index >= 15 is 0 Å². The van der Waals surface area contributed by atoms with Gasteiger partial charge < -0.3 is 4.74 Å². The quantitative estimate of drug-likeness (QED) is 0.858. The molecule has 7 nitrogen and oxygen atoms in total. The van der Waals surface area contributed by atoms with Crippen LogP contribution < -0.4 is 0 Å². The highest BCUT2D eigenvalue weighted by atomic mass is 32.2. The molecular weight excluding hydrogens is 280 g/mol. The summed E-state index contributed by atoms with van der Waals surface area (Å²) in [6.07, 6.45) is 2.63. The first-order valence-electron chi connectivity index (χ1n) is 6.92. The van der Waals surface area contributed by atoms with E-state index in [1.54, 1.807) is 10.5 Å². The van der Waals surface area contributed by atoms with Crippen molar-refractivity contribution in [2.45, 2.75) is 19.3 Å². The second kappa shape index (κ2) is 5.44. The highest BCUT2D eigenvalue weighted by molar-refractivity contribution is 7.86. The molecule has 2 aliphatic rings. The van der Waals surface area contributed by atoms with Crippen molar-refractivity contribution >= 4 is 10.2 Å². The Morgan fingerprint density at radius 3 is 2.70 bits per heavy atom. The standard InChI is InChI=1S/C12H20N4O3S/c1-10-8-13-14-12(10)11-2-3-16(9-11)20(17,18)15-4-6-19-7-5-15/h8,11H,2-7,9H2,1H3,(H,13,14)/t11-/m0/s1. The molecule has 3 rings (SSSR count). The number of nitrogens with one attached hydrogen (secondary N) is 1. The summed E-state index contributed by atoms with van der Waals surface area (Å²) in [4.78, 5) is 0. The molecule has 0 bridgehead atoms. The van der Waals surface area contributed by atoms with Crippen molar-refractivity contribution in [1.29, 1.82) is 0 Å². The molecule has 2 saturated heterocycles. The van der Waals surface area contributed by atoms with Crippen LogP contribution in [-0.4, -0.2) is 66.6 Å². The molecular formula is C12H20N4O3S. The number of H-pyrrole nitrogens is 1. The van der Waals surface area contributed by atoms with Crippen LogP contribution in [0.1, 0.15) is 23.6 Å². The van der Waals surface area contributed by atoms with E-state index in [0.717, 1.165) is 17.7 Å². The zero-order chi connectivity index (χ0) is 14.2. The maximum absolute atomic E-state index is 12.6. The number of rotatable bonds is 3. The van der Waals surface area contributed by atoms with Gasteiger partial charge >= 0.3 is 0 Å². The molecule has 0 amide bonds. The zero-order valence-corrected chi connectivity index (χ0v) is 12.4. The van der Waals surface area contributed by atoms with Gasteiger partial charge in [-0.2, -0.15) is 22.1 Å². The molecule has 0 aliphatic carbocycles. The minimum atomic E-state index is -3.35. The summed E-state index contributed by atoms with van der Waals surface area (Å²) in [5.41, 5.74) is 2.16. The van der Waals surface area contributed by atoms with Crippen LogP contribution in [0.3, 0.4) is 0 Å². The Morgan fingerprint density at radius 1 is 1.30 bits per heavy atom. The van der Waals surface area contributed by atoms with Crippen LogP contribution >= 0.6 is 0 Å². The van der Waals surface area contributed by atoms with Gasteiger partial charge in [-0.05, 0) is 18.9 Å². The Morgan fingerprint density at radius 2 is 2.05 bits per heavy atom. The molecule has 8 heteroatoms. The third-order valence-corrected chi connectivity index (χ3v) is 6.05. The van der Waals surface area contributed by atoms with E-state index in [1.807, 2.05) is 6.92 Å². The molecule has 0 saturated carbocycles. The molecule has 20 heavy (non-hydrogen) atoms. The largest absolute Gasteiger partial charge is 0.379 e. The van der Waals surface area contributed by atoms with Crippen molar-refractivity contribution in [3.8, 4) is 0 Å². The van der Waals surface area contributed by atoms with E-state index in [9.17, 15) is 8.42 Å². The van der Waals surface area contributed by atoms with Gasteiger partial charge in [0.05, 0.1) is 19.4 Å². The van der Waals surface area contributed by atoms with Gasteiger partial charge in [-0.1, -0.05) is 0 Å². The molecule has 3 heterocycles. The van der Waals surface area contributed by atoms with Crippen molar-refractivity contribution in [3.05, 3.63) is 17.5 Å². The number of hydrogen-bond donors (Lipinski definition) is 1. The fraction of sp³-hybridized carbons (Fsp3) is 0.750. The average Bonchev–Trinajstić information content (AvgIpc) is 3.08. The van der Waals surface area contributed by atoms with Gasteiger partial charge in [-0.3, -0.25) is 5.10 Å². The first kappa shape index (κ1) is 14.0. The van der Waals surface area contributed by atoms with Crippen LogP contribution in [0.5, 0.6) is 0 Å². The third kappa shape index (κ3) is 2.48. The van der Waals surface area contributed by atoms with E-state index in [2.05, 4.69) is 10.2 Å². The van der Waals surface area contributed by atoms with Crippen LogP contribution in [0, 0.1) is 6.92 Å². The molecule has 1 aromatic heterocycles.